The molecule has 0 amide bonds. The Hall–Kier alpha value is -0.780. The molecule has 1 aromatic rings. The molecule has 0 heterocycles. The lowest BCUT2D eigenvalue weighted by Crippen LogP contribution is -1.85. The minimum Gasteiger partial charge on any atom is -0.0776 e. The number of benzene rings is 1. The van der Waals surface area contributed by atoms with Gasteiger partial charge in [-0.05, 0) is 30.4 Å². The second-order valence-corrected chi connectivity index (χ2v) is 3.27. The van der Waals surface area contributed by atoms with Crippen LogP contribution in [0.1, 0.15) is 66.5 Å². The van der Waals surface area contributed by atoms with Crippen molar-refractivity contribution in [1.29, 1.82) is 0 Å². The third-order valence-electron chi connectivity index (χ3n) is 2.25. The predicted octanol–water partition coefficient (Wildman–Crippen LogP) is 5.89. The fraction of sp³-hybridized carbons (Fsp3) is 0.625. The van der Waals surface area contributed by atoms with Crippen LogP contribution >= 0.6 is 0 Å². The third-order valence-corrected chi connectivity index (χ3v) is 2.25. The standard InChI is InChI=1S/C12H18.C2H6.2CH4/c1-3-5-6-12-9-7-11(4-2)8-10-12;1-2;;/h7-10H,3-6H2,1-2H3;1-2H3;2*1H4. The van der Waals surface area contributed by atoms with E-state index >= 15 is 0 Å². The smallest absolute Gasteiger partial charge is 0.0279 e. The number of rotatable bonds is 4. The Bertz CT molecular complexity index is 208. The van der Waals surface area contributed by atoms with E-state index in [1.165, 1.54) is 30.4 Å². The largest absolute Gasteiger partial charge is 0.0776 e. The Kier molecular flexibility index (Phi) is 18.3. The zero-order chi connectivity index (χ0) is 10.8. The fourth-order valence-electron chi connectivity index (χ4n) is 1.32. The molecule has 0 aromatic heterocycles. The van der Waals surface area contributed by atoms with Crippen LogP contribution in [-0.2, 0) is 12.8 Å². The molecule has 0 aliphatic heterocycles. The summed E-state index contributed by atoms with van der Waals surface area (Å²) in [6.07, 6.45) is 4.98. The molecule has 0 saturated heterocycles. The van der Waals surface area contributed by atoms with Crippen molar-refractivity contribution in [2.24, 2.45) is 0 Å². The molecule has 1 rings (SSSR count). The predicted molar refractivity (Wildman–Crippen MR) is 79.2 cm³/mol. The summed E-state index contributed by atoms with van der Waals surface area (Å²) < 4.78 is 0. The highest BCUT2D eigenvalue weighted by Gasteiger charge is 1.92. The molecular formula is C16H32. The first-order chi connectivity index (χ1) is 6.86. The van der Waals surface area contributed by atoms with Gasteiger partial charge in [-0.25, -0.2) is 0 Å². The molecule has 0 spiro atoms. The molecule has 0 atom stereocenters. The van der Waals surface area contributed by atoms with E-state index in [9.17, 15) is 0 Å². The average Bonchev–Trinajstić information content (AvgIpc) is 2.30. The van der Waals surface area contributed by atoms with Crippen LogP contribution in [0.15, 0.2) is 24.3 Å². The molecular weight excluding hydrogens is 192 g/mol. The lowest BCUT2D eigenvalue weighted by molar-refractivity contribution is 0.794. The number of aryl methyl sites for hydroxylation is 2. The summed E-state index contributed by atoms with van der Waals surface area (Å²) in [6, 6.07) is 9.00. The van der Waals surface area contributed by atoms with E-state index < -0.39 is 0 Å². The van der Waals surface area contributed by atoms with Gasteiger partial charge in [0.25, 0.3) is 0 Å². The van der Waals surface area contributed by atoms with Crippen LogP contribution < -0.4 is 0 Å². The van der Waals surface area contributed by atoms with Crippen molar-refractivity contribution in [3.05, 3.63) is 35.4 Å². The minimum absolute atomic E-state index is 0. The first kappa shape index (κ1) is 20.6. The van der Waals surface area contributed by atoms with Gasteiger partial charge in [-0.3, -0.25) is 0 Å². The molecule has 0 unspecified atom stereocenters. The van der Waals surface area contributed by atoms with E-state index in [-0.39, 0.29) is 14.9 Å². The monoisotopic (exact) mass is 224 g/mol. The van der Waals surface area contributed by atoms with Gasteiger partial charge in [0.1, 0.15) is 0 Å². The first-order valence-electron chi connectivity index (χ1n) is 5.94. The van der Waals surface area contributed by atoms with Gasteiger partial charge in [0, 0.05) is 0 Å². The van der Waals surface area contributed by atoms with Crippen LogP contribution in [0.2, 0.25) is 0 Å². The maximum atomic E-state index is 2.26. The molecule has 0 nitrogen and oxygen atoms in total. The van der Waals surface area contributed by atoms with Crippen molar-refractivity contribution in [2.75, 3.05) is 0 Å². The van der Waals surface area contributed by atoms with Gasteiger partial charge in [0.2, 0.25) is 0 Å². The molecule has 1 aromatic carbocycles. The maximum absolute atomic E-state index is 2.26. The van der Waals surface area contributed by atoms with Gasteiger partial charge >= 0.3 is 0 Å². The van der Waals surface area contributed by atoms with Crippen LogP contribution in [0.4, 0.5) is 0 Å². The second-order valence-electron chi connectivity index (χ2n) is 3.27. The summed E-state index contributed by atoms with van der Waals surface area (Å²) in [5, 5.41) is 0. The Labute approximate surface area is 104 Å². The van der Waals surface area contributed by atoms with Gasteiger partial charge in [0.05, 0.1) is 0 Å². The summed E-state index contributed by atoms with van der Waals surface area (Å²) in [7, 11) is 0. The fourth-order valence-corrected chi connectivity index (χ4v) is 1.32. The molecule has 0 heteroatoms. The third kappa shape index (κ3) is 8.52. The van der Waals surface area contributed by atoms with Crippen molar-refractivity contribution >= 4 is 0 Å². The lowest BCUT2D eigenvalue weighted by Gasteiger charge is -2.00. The van der Waals surface area contributed by atoms with Crippen LogP contribution in [0.3, 0.4) is 0 Å². The van der Waals surface area contributed by atoms with E-state index in [0.717, 1.165) is 6.42 Å². The van der Waals surface area contributed by atoms with Gasteiger partial charge in [-0.2, -0.15) is 0 Å². The molecule has 0 bridgehead atoms. The van der Waals surface area contributed by atoms with Gasteiger partial charge < -0.3 is 0 Å². The number of unbranched alkanes of at least 4 members (excludes halogenated alkanes) is 1. The molecule has 0 fully saturated rings. The van der Waals surface area contributed by atoms with Crippen LogP contribution in [0.5, 0.6) is 0 Å². The van der Waals surface area contributed by atoms with Crippen molar-refractivity contribution in [2.45, 2.75) is 68.2 Å². The minimum atomic E-state index is 0. The Morgan fingerprint density at radius 1 is 0.812 bits per heavy atom. The van der Waals surface area contributed by atoms with Crippen molar-refractivity contribution in [3.63, 3.8) is 0 Å². The average molecular weight is 224 g/mol. The summed E-state index contributed by atoms with van der Waals surface area (Å²) in [6.45, 7) is 8.43. The molecule has 0 N–H and O–H groups in total. The van der Waals surface area contributed by atoms with E-state index in [4.69, 9.17) is 0 Å². The highest BCUT2D eigenvalue weighted by molar-refractivity contribution is 5.22. The second kappa shape index (κ2) is 14.2. The van der Waals surface area contributed by atoms with E-state index in [1.807, 2.05) is 13.8 Å². The molecule has 0 saturated carbocycles. The van der Waals surface area contributed by atoms with Crippen LogP contribution in [0, 0.1) is 0 Å². The topological polar surface area (TPSA) is 0 Å². The van der Waals surface area contributed by atoms with E-state index in [2.05, 4.69) is 38.1 Å². The van der Waals surface area contributed by atoms with Gasteiger partial charge in [-0.1, -0.05) is 73.2 Å². The highest BCUT2D eigenvalue weighted by atomic mass is 14.0. The molecule has 0 radical (unpaired) electrons. The number of hydrogen-bond donors (Lipinski definition) is 0. The lowest BCUT2D eigenvalue weighted by atomic mass is 10.1. The molecule has 0 aliphatic rings. The van der Waals surface area contributed by atoms with E-state index in [1.54, 1.807) is 0 Å². The summed E-state index contributed by atoms with van der Waals surface area (Å²) >= 11 is 0. The van der Waals surface area contributed by atoms with Crippen molar-refractivity contribution in [1.82, 2.24) is 0 Å². The number of hydrogen-bond acceptors (Lipinski definition) is 0. The molecule has 16 heavy (non-hydrogen) atoms. The quantitative estimate of drug-likeness (QED) is 0.598. The zero-order valence-electron chi connectivity index (χ0n) is 10.1. The Morgan fingerprint density at radius 2 is 1.25 bits per heavy atom. The van der Waals surface area contributed by atoms with Crippen LogP contribution in [0.25, 0.3) is 0 Å². The Balaban J connectivity index is -0.000000399. The zero-order valence-corrected chi connectivity index (χ0v) is 10.1. The van der Waals surface area contributed by atoms with Gasteiger partial charge in [0.15, 0.2) is 0 Å². The van der Waals surface area contributed by atoms with Gasteiger partial charge in [-0.15, -0.1) is 0 Å². The first-order valence-corrected chi connectivity index (χ1v) is 5.94. The SMILES string of the molecule is C.C.CC.CCCCc1ccc(CC)cc1. The van der Waals surface area contributed by atoms with Crippen molar-refractivity contribution < 1.29 is 0 Å². The maximum Gasteiger partial charge on any atom is -0.0279 e. The Morgan fingerprint density at radius 3 is 1.62 bits per heavy atom. The summed E-state index contributed by atoms with van der Waals surface area (Å²) in [4.78, 5) is 0. The normalized spacial score (nSPS) is 8.00. The molecule has 0 aliphatic carbocycles. The van der Waals surface area contributed by atoms with E-state index in [0.29, 0.717) is 0 Å². The summed E-state index contributed by atoms with van der Waals surface area (Å²) in [5.74, 6) is 0. The van der Waals surface area contributed by atoms with Crippen molar-refractivity contribution in [3.8, 4) is 0 Å². The summed E-state index contributed by atoms with van der Waals surface area (Å²) in [5.41, 5.74) is 2.92. The molecule has 96 valence electrons. The van der Waals surface area contributed by atoms with Crippen LogP contribution in [-0.4, -0.2) is 0 Å². The highest BCUT2D eigenvalue weighted by Crippen LogP contribution is 2.07.